The van der Waals surface area contributed by atoms with Crippen LogP contribution in [-0.2, 0) is 17.9 Å². The second-order valence-corrected chi connectivity index (χ2v) is 7.98. The molecule has 1 amide bonds. The van der Waals surface area contributed by atoms with Crippen molar-refractivity contribution < 1.29 is 9.53 Å². The normalized spacial score (nSPS) is 13.8. The summed E-state index contributed by atoms with van der Waals surface area (Å²) in [4.78, 5) is 18.4. The standard InChI is InChI=1S/C25H35N5O2.HI/c1-3-26-25(27-13-16-32-24-8-6-7-23(17-24)29-20(2)31)28-18-21-9-11-22(12-10-21)19-30-14-4-5-15-30;/h6-12,17H,3-5,13-16,18-19H2,1-2H3,(H,29,31)(H2,26,27,28);1H. The number of ether oxygens (including phenoxy) is 1. The van der Waals surface area contributed by atoms with Gasteiger partial charge in [0, 0.05) is 31.8 Å². The number of amides is 1. The molecule has 8 heteroatoms. The van der Waals surface area contributed by atoms with E-state index < -0.39 is 0 Å². The number of guanidine groups is 1. The molecular formula is C25H36IN5O2. The number of benzene rings is 2. The van der Waals surface area contributed by atoms with Crippen LogP contribution in [0.25, 0.3) is 0 Å². The largest absolute Gasteiger partial charge is 0.492 e. The highest BCUT2D eigenvalue weighted by molar-refractivity contribution is 14.0. The lowest BCUT2D eigenvalue weighted by Crippen LogP contribution is -2.39. The monoisotopic (exact) mass is 565 g/mol. The van der Waals surface area contributed by atoms with Crippen LogP contribution in [0.2, 0.25) is 0 Å². The van der Waals surface area contributed by atoms with Gasteiger partial charge in [-0.25, -0.2) is 4.99 Å². The third-order valence-corrected chi connectivity index (χ3v) is 5.21. The van der Waals surface area contributed by atoms with E-state index in [1.165, 1.54) is 44.0 Å². The second kappa shape index (κ2) is 14.7. The van der Waals surface area contributed by atoms with Gasteiger partial charge in [0.25, 0.3) is 0 Å². The van der Waals surface area contributed by atoms with Crippen LogP contribution >= 0.6 is 24.0 Å². The first kappa shape index (κ1) is 26.9. The smallest absolute Gasteiger partial charge is 0.221 e. The predicted molar refractivity (Wildman–Crippen MR) is 145 cm³/mol. The highest BCUT2D eigenvalue weighted by Gasteiger charge is 2.11. The maximum Gasteiger partial charge on any atom is 0.221 e. The molecular weight excluding hydrogens is 529 g/mol. The van der Waals surface area contributed by atoms with Gasteiger partial charge >= 0.3 is 0 Å². The van der Waals surface area contributed by atoms with Gasteiger partial charge in [-0.1, -0.05) is 30.3 Å². The quantitative estimate of drug-likeness (QED) is 0.176. The van der Waals surface area contributed by atoms with E-state index in [4.69, 9.17) is 4.74 Å². The topological polar surface area (TPSA) is 78.0 Å². The Morgan fingerprint density at radius 3 is 2.48 bits per heavy atom. The number of anilines is 1. The fraction of sp³-hybridized carbons (Fsp3) is 0.440. The zero-order chi connectivity index (χ0) is 22.6. The van der Waals surface area contributed by atoms with Crippen molar-refractivity contribution in [3.8, 4) is 5.75 Å². The summed E-state index contributed by atoms with van der Waals surface area (Å²) in [6.45, 7) is 9.53. The Kier molecular flexibility index (Phi) is 12.0. The Morgan fingerprint density at radius 1 is 1.06 bits per heavy atom. The molecule has 1 aliphatic rings. The van der Waals surface area contributed by atoms with Gasteiger partial charge in [-0.15, -0.1) is 24.0 Å². The zero-order valence-electron chi connectivity index (χ0n) is 19.6. The Balaban J connectivity index is 0.00000385. The van der Waals surface area contributed by atoms with Crippen LogP contribution in [-0.4, -0.2) is 49.6 Å². The maximum atomic E-state index is 11.2. The zero-order valence-corrected chi connectivity index (χ0v) is 21.9. The van der Waals surface area contributed by atoms with Crippen LogP contribution in [0, 0.1) is 0 Å². The molecule has 0 bridgehead atoms. The number of hydrogen-bond donors (Lipinski definition) is 3. The lowest BCUT2D eigenvalue weighted by atomic mass is 10.1. The van der Waals surface area contributed by atoms with Crippen LogP contribution in [0.4, 0.5) is 5.69 Å². The summed E-state index contributed by atoms with van der Waals surface area (Å²) in [5.41, 5.74) is 3.28. The second-order valence-electron chi connectivity index (χ2n) is 7.98. The minimum atomic E-state index is -0.100. The average molecular weight is 566 g/mol. The van der Waals surface area contributed by atoms with E-state index in [0.717, 1.165) is 24.7 Å². The first-order chi connectivity index (χ1) is 15.6. The summed E-state index contributed by atoms with van der Waals surface area (Å²) in [6, 6.07) is 16.1. The molecule has 0 atom stereocenters. The molecule has 2 aromatic carbocycles. The number of carbonyl (C=O) groups excluding carboxylic acids is 1. The van der Waals surface area contributed by atoms with Gasteiger partial charge in [-0.05, 0) is 56.1 Å². The SMILES string of the molecule is CCNC(=NCc1ccc(CN2CCCC2)cc1)NCCOc1cccc(NC(C)=O)c1.I. The van der Waals surface area contributed by atoms with Crippen LogP contribution in [0.3, 0.4) is 0 Å². The van der Waals surface area contributed by atoms with Gasteiger partial charge < -0.3 is 20.7 Å². The van der Waals surface area contributed by atoms with Gasteiger partial charge in [-0.3, -0.25) is 9.69 Å². The van der Waals surface area contributed by atoms with Crippen LogP contribution in [0.15, 0.2) is 53.5 Å². The number of aliphatic imine (C=N–C) groups is 1. The van der Waals surface area contributed by atoms with Gasteiger partial charge in [0.1, 0.15) is 12.4 Å². The third-order valence-electron chi connectivity index (χ3n) is 5.21. The molecule has 1 aliphatic heterocycles. The van der Waals surface area contributed by atoms with Crippen molar-refractivity contribution in [3.63, 3.8) is 0 Å². The van der Waals surface area contributed by atoms with Crippen molar-refractivity contribution in [2.24, 2.45) is 4.99 Å². The molecule has 1 fully saturated rings. The number of hydrogen-bond acceptors (Lipinski definition) is 4. The van der Waals surface area contributed by atoms with Crippen molar-refractivity contribution in [3.05, 3.63) is 59.7 Å². The van der Waals surface area contributed by atoms with Crippen LogP contribution < -0.4 is 20.7 Å². The number of carbonyl (C=O) groups is 1. The fourth-order valence-electron chi connectivity index (χ4n) is 3.67. The van der Waals surface area contributed by atoms with Crippen LogP contribution in [0.5, 0.6) is 5.75 Å². The Bertz CT molecular complexity index is 883. The Morgan fingerprint density at radius 2 is 1.79 bits per heavy atom. The van der Waals surface area contributed by atoms with Crippen molar-refractivity contribution in [1.29, 1.82) is 0 Å². The van der Waals surface area contributed by atoms with E-state index in [2.05, 4.69) is 50.1 Å². The van der Waals surface area contributed by atoms with Crippen molar-refractivity contribution >= 4 is 41.5 Å². The molecule has 0 spiro atoms. The molecule has 3 rings (SSSR count). The molecule has 1 heterocycles. The van der Waals surface area contributed by atoms with Gasteiger partial charge in [-0.2, -0.15) is 0 Å². The first-order valence-corrected chi connectivity index (χ1v) is 11.4. The Labute approximate surface area is 214 Å². The summed E-state index contributed by atoms with van der Waals surface area (Å²) in [5.74, 6) is 1.38. The molecule has 0 radical (unpaired) electrons. The summed E-state index contributed by atoms with van der Waals surface area (Å²) in [5, 5.41) is 9.33. The number of halogens is 1. The molecule has 7 nitrogen and oxygen atoms in total. The van der Waals surface area contributed by atoms with Gasteiger partial charge in [0.15, 0.2) is 5.96 Å². The van der Waals surface area contributed by atoms with Gasteiger partial charge in [0.2, 0.25) is 5.91 Å². The first-order valence-electron chi connectivity index (χ1n) is 11.4. The molecule has 0 saturated carbocycles. The molecule has 1 saturated heterocycles. The highest BCUT2D eigenvalue weighted by Crippen LogP contribution is 2.17. The summed E-state index contributed by atoms with van der Waals surface area (Å²) >= 11 is 0. The van der Waals surface area contributed by atoms with E-state index in [1.54, 1.807) is 0 Å². The molecule has 0 unspecified atom stereocenters. The van der Waals surface area contributed by atoms with E-state index in [9.17, 15) is 4.79 Å². The Hall–Kier alpha value is -2.33. The van der Waals surface area contributed by atoms with E-state index in [-0.39, 0.29) is 29.9 Å². The number of likely N-dealkylation sites (tertiary alicyclic amines) is 1. The highest BCUT2D eigenvalue weighted by atomic mass is 127. The molecule has 2 aromatic rings. The van der Waals surface area contributed by atoms with Crippen molar-refractivity contribution in [2.75, 3.05) is 38.1 Å². The summed E-state index contributed by atoms with van der Waals surface area (Å²) in [7, 11) is 0. The molecule has 0 aromatic heterocycles. The minimum Gasteiger partial charge on any atom is -0.492 e. The number of rotatable bonds is 10. The predicted octanol–water partition coefficient (Wildman–Crippen LogP) is 3.99. The molecule has 3 N–H and O–H groups in total. The van der Waals surface area contributed by atoms with Crippen molar-refractivity contribution in [1.82, 2.24) is 15.5 Å². The third kappa shape index (κ3) is 10.00. The molecule has 33 heavy (non-hydrogen) atoms. The maximum absolute atomic E-state index is 11.2. The van der Waals surface area contributed by atoms with Crippen molar-refractivity contribution in [2.45, 2.75) is 39.8 Å². The summed E-state index contributed by atoms with van der Waals surface area (Å²) in [6.07, 6.45) is 2.64. The average Bonchev–Trinajstić information content (AvgIpc) is 3.29. The minimum absolute atomic E-state index is 0. The fourth-order valence-corrected chi connectivity index (χ4v) is 3.67. The lowest BCUT2D eigenvalue weighted by Gasteiger charge is -2.15. The van der Waals surface area contributed by atoms with Crippen LogP contribution in [0.1, 0.15) is 37.8 Å². The van der Waals surface area contributed by atoms with E-state index >= 15 is 0 Å². The summed E-state index contributed by atoms with van der Waals surface area (Å²) < 4.78 is 5.79. The lowest BCUT2D eigenvalue weighted by molar-refractivity contribution is -0.114. The number of nitrogens with one attached hydrogen (secondary N) is 3. The molecule has 180 valence electrons. The molecule has 0 aliphatic carbocycles. The van der Waals surface area contributed by atoms with E-state index in [0.29, 0.717) is 25.4 Å². The van der Waals surface area contributed by atoms with Gasteiger partial charge in [0.05, 0.1) is 13.1 Å². The van der Waals surface area contributed by atoms with E-state index in [1.807, 2.05) is 31.2 Å². The number of nitrogens with zero attached hydrogens (tertiary/aromatic N) is 2.